The van der Waals surface area contributed by atoms with Crippen LogP contribution in [0.3, 0.4) is 0 Å². The van der Waals surface area contributed by atoms with E-state index in [9.17, 15) is 0 Å². The second-order valence-electron chi connectivity index (χ2n) is 6.89. The molecule has 0 aliphatic heterocycles. The molecule has 0 fully saturated rings. The number of hydrogen-bond donors (Lipinski definition) is 3. The highest BCUT2D eigenvalue weighted by molar-refractivity contribution is 14.0. The normalized spacial score (nSPS) is 11.1. The van der Waals surface area contributed by atoms with Crippen LogP contribution >= 0.6 is 24.0 Å². The first kappa shape index (κ1) is 23.9. The summed E-state index contributed by atoms with van der Waals surface area (Å²) in [6.45, 7) is 3.73. The lowest BCUT2D eigenvalue weighted by atomic mass is 10.1. The van der Waals surface area contributed by atoms with Crippen molar-refractivity contribution in [2.24, 2.45) is 4.99 Å². The highest BCUT2D eigenvalue weighted by atomic mass is 127. The van der Waals surface area contributed by atoms with Gasteiger partial charge in [0.15, 0.2) is 17.5 Å². The van der Waals surface area contributed by atoms with Crippen LogP contribution in [-0.4, -0.2) is 45.3 Å². The number of guanidine groups is 1. The van der Waals surface area contributed by atoms with Crippen molar-refractivity contribution in [3.63, 3.8) is 0 Å². The zero-order valence-corrected chi connectivity index (χ0v) is 20.4. The minimum atomic E-state index is 0. The zero-order chi connectivity index (χ0) is 20.6. The number of benzene rings is 2. The highest BCUT2D eigenvalue weighted by Crippen LogP contribution is 2.27. The second kappa shape index (κ2) is 11.7. The summed E-state index contributed by atoms with van der Waals surface area (Å²) in [5, 5.41) is 8.08. The predicted octanol–water partition coefficient (Wildman–Crippen LogP) is 4.06. The summed E-state index contributed by atoms with van der Waals surface area (Å²) < 4.78 is 10.7. The Balaban J connectivity index is 0.00000320. The molecule has 3 N–H and O–H groups in total. The van der Waals surface area contributed by atoms with Crippen molar-refractivity contribution in [2.75, 3.05) is 34.4 Å². The van der Waals surface area contributed by atoms with Crippen LogP contribution in [0, 0.1) is 6.92 Å². The molecule has 3 rings (SSSR count). The number of para-hydroxylation sites is 1. The maximum Gasteiger partial charge on any atom is 0.190 e. The van der Waals surface area contributed by atoms with Gasteiger partial charge in [0.25, 0.3) is 0 Å². The van der Waals surface area contributed by atoms with Crippen molar-refractivity contribution in [3.05, 3.63) is 59.3 Å². The molecule has 0 amide bonds. The first-order valence-corrected chi connectivity index (χ1v) is 9.88. The average molecular weight is 522 g/mol. The fourth-order valence-corrected chi connectivity index (χ4v) is 3.54. The first-order valence-electron chi connectivity index (χ1n) is 9.88. The van der Waals surface area contributed by atoms with Gasteiger partial charge in [0, 0.05) is 36.7 Å². The van der Waals surface area contributed by atoms with E-state index >= 15 is 0 Å². The number of fused-ring (bicyclic) bond motifs is 1. The van der Waals surface area contributed by atoms with Gasteiger partial charge in [-0.15, -0.1) is 24.0 Å². The summed E-state index contributed by atoms with van der Waals surface area (Å²) in [6, 6.07) is 14.4. The lowest BCUT2D eigenvalue weighted by Crippen LogP contribution is -2.39. The number of nitrogens with zero attached hydrogens (tertiary/aromatic N) is 1. The highest BCUT2D eigenvalue weighted by Gasteiger charge is 2.08. The molecule has 3 aromatic rings. The van der Waals surface area contributed by atoms with Gasteiger partial charge in [-0.05, 0) is 49.1 Å². The number of ether oxygens (including phenoxy) is 2. The summed E-state index contributed by atoms with van der Waals surface area (Å²) in [5.74, 6) is 2.30. The van der Waals surface area contributed by atoms with Crippen LogP contribution in [0.4, 0.5) is 0 Å². The number of nitrogens with one attached hydrogen (secondary N) is 3. The van der Waals surface area contributed by atoms with Crippen LogP contribution in [0.15, 0.2) is 47.5 Å². The lowest BCUT2D eigenvalue weighted by molar-refractivity contribution is 0.354. The molecule has 0 bridgehead atoms. The van der Waals surface area contributed by atoms with E-state index < -0.39 is 0 Å². The standard InChI is InChI=1S/C23H30N4O2.HI/c1-16-18(19-7-5-6-8-20(19)27-16)12-14-26-23(24-2)25-13-11-17-9-10-21(28-3)22(15-17)29-4;/h5-10,15,27H,11-14H2,1-4H3,(H2,24,25,26);1H. The fourth-order valence-electron chi connectivity index (χ4n) is 3.54. The molecule has 0 aliphatic rings. The lowest BCUT2D eigenvalue weighted by Gasteiger charge is -2.13. The van der Waals surface area contributed by atoms with Crippen molar-refractivity contribution in [3.8, 4) is 11.5 Å². The van der Waals surface area contributed by atoms with Gasteiger partial charge < -0.3 is 25.1 Å². The van der Waals surface area contributed by atoms with E-state index in [0.717, 1.165) is 43.4 Å². The van der Waals surface area contributed by atoms with E-state index in [1.807, 2.05) is 12.1 Å². The van der Waals surface area contributed by atoms with Crippen molar-refractivity contribution in [1.29, 1.82) is 0 Å². The number of halogens is 1. The van der Waals surface area contributed by atoms with Gasteiger partial charge in [0.05, 0.1) is 14.2 Å². The van der Waals surface area contributed by atoms with Crippen LogP contribution in [-0.2, 0) is 12.8 Å². The van der Waals surface area contributed by atoms with Gasteiger partial charge in [0.2, 0.25) is 0 Å². The predicted molar refractivity (Wildman–Crippen MR) is 135 cm³/mol. The molecule has 0 unspecified atom stereocenters. The Labute approximate surface area is 195 Å². The van der Waals surface area contributed by atoms with Crippen molar-refractivity contribution >= 4 is 40.8 Å². The zero-order valence-electron chi connectivity index (χ0n) is 18.0. The molecule has 162 valence electrons. The molecule has 2 aromatic carbocycles. The maximum atomic E-state index is 5.37. The number of rotatable bonds is 8. The number of aromatic nitrogens is 1. The molecule has 0 saturated heterocycles. The van der Waals surface area contributed by atoms with Crippen LogP contribution in [0.1, 0.15) is 16.8 Å². The van der Waals surface area contributed by atoms with E-state index in [1.165, 1.54) is 27.7 Å². The number of hydrogen-bond acceptors (Lipinski definition) is 3. The molecule has 0 radical (unpaired) electrons. The quantitative estimate of drug-likeness (QED) is 0.237. The molecule has 30 heavy (non-hydrogen) atoms. The minimum Gasteiger partial charge on any atom is -0.493 e. The maximum absolute atomic E-state index is 5.37. The number of H-pyrrole nitrogens is 1. The Kier molecular flexibility index (Phi) is 9.29. The monoisotopic (exact) mass is 522 g/mol. The Bertz CT molecular complexity index is 984. The summed E-state index contributed by atoms with van der Waals surface area (Å²) in [6.07, 6.45) is 1.80. The van der Waals surface area contributed by atoms with Gasteiger partial charge in [-0.25, -0.2) is 0 Å². The average Bonchev–Trinajstić information content (AvgIpc) is 3.07. The smallest absolute Gasteiger partial charge is 0.190 e. The van der Waals surface area contributed by atoms with Crippen LogP contribution in [0.25, 0.3) is 10.9 Å². The van der Waals surface area contributed by atoms with E-state index in [0.29, 0.717) is 0 Å². The third kappa shape index (κ3) is 5.81. The van der Waals surface area contributed by atoms with E-state index in [2.05, 4.69) is 57.9 Å². The van der Waals surface area contributed by atoms with Gasteiger partial charge in [-0.1, -0.05) is 24.3 Å². The second-order valence-corrected chi connectivity index (χ2v) is 6.89. The summed E-state index contributed by atoms with van der Waals surface area (Å²) in [4.78, 5) is 7.78. The molecular weight excluding hydrogens is 491 g/mol. The van der Waals surface area contributed by atoms with Crippen LogP contribution < -0.4 is 20.1 Å². The third-order valence-electron chi connectivity index (χ3n) is 5.07. The summed E-state index contributed by atoms with van der Waals surface area (Å²) in [5.41, 5.74) is 4.95. The third-order valence-corrected chi connectivity index (χ3v) is 5.07. The minimum absolute atomic E-state index is 0. The van der Waals surface area contributed by atoms with E-state index in [4.69, 9.17) is 9.47 Å². The summed E-state index contributed by atoms with van der Waals surface area (Å²) >= 11 is 0. The van der Waals surface area contributed by atoms with E-state index in [-0.39, 0.29) is 24.0 Å². The first-order chi connectivity index (χ1) is 14.2. The number of aliphatic imine (C=N–C) groups is 1. The van der Waals surface area contributed by atoms with Crippen molar-refractivity contribution < 1.29 is 9.47 Å². The molecule has 0 atom stereocenters. The Morgan fingerprint density at radius 3 is 2.37 bits per heavy atom. The number of aryl methyl sites for hydroxylation is 1. The van der Waals surface area contributed by atoms with Gasteiger partial charge in [-0.3, -0.25) is 4.99 Å². The van der Waals surface area contributed by atoms with Crippen molar-refractivity contribution in [1.82, 2.24) is 15.6 Å². The Hall–Kier alpha value is -2.42. The molecule has 0 saturated carbocycles. The van der Waals surface area contributed by atoms with Crippen LogP contribution in [0.5, 0.6) is 11.5 Å². The molecule has 0 aliphatic carbocycles. The largest absolute Gasteiger partial charge is 0.493 e. The van der Waals surface area contributed by atoms with E-state index in [1.54, 1.807) is 21.3 Å². The molecule has 1 heterocycles. The molecular formula is C23H31IN4O2. The Morgan fingerprint density at radius 1 is 0.967 bits per heavy atom. The topological polar surface area (TPSA) is 70.7 Å². The molecule has 6 nitrogen and oxygen atoms in total. The number of aromatic amines is 1. The summed E-state index contributed by atoms with van der Waals surface area (Å²) in [7, 11) is 5.09. The van der Waals surface area contributed by atoms with Gasteiger partial charge in [-0.2, -0.15) is 0 Å². The SMILES string of the molecule is CN=C(NCCc1ccc(OC)c(OC)c1)NCCc1c(C)[nH]c2ccccc12.I. The molecule has 7 heteroatoms. The fraction of sp³-hybridized carbons (Fsp3) is 0.348. The van der Waals surface area contributed by atoms with Crippen LogP contribution in [0.2, 0.25) is 0 Å². The Morgan fingerprint density at radius 2 is 1.67 bits per heavy atom. The van der Waals surface area contributed by atoms with Gasteiger partial charge in [0.1, 0.15) is 0 Å². The molecule has 0 spiro atoms. The van der Waals surface area contributed by atoms with Crippen molar-refractivity contribution in [2.45, 2.75) is 19.8 Å². The molecule has 1 aromatic heterocycles. The number of methoxy groups -OCH3 is 2. The van der Waals surface area contributed by atoms with Gasteiger partial charge >= 0.3 is 0 Å².